The Balaban J connectivity index is 2.54. The molecule has 0 aliphatic heterocycles. The second-order valence-corrected chi connectivity index (χ2v) is 3.80. The molecule has 15 heavy (non-hydrogen) atoms. The lowest BCUT2D eigenvalue weighted by Crippen LogP contribution is -1.89. The lowest BCUT2D eigenvalue weighted by molar-refractivity contribution is 0.112. The first-order valence-corrected chi connectivity index (χ1v) is 4.93. The standard InChI is InChI=1S/C10H5N3OS/c11-5-8-10(13-4-3-12-8)9-2-1-7(6-14)15-9/h1-4,6H. The van der Waals surface area contributed by atoms with E-state index in [0.717, 1.165) is 11.2 Å². The number of aldehydes is 1. The minimum absolute atomic E-state index is 0.275. The molecule has 0 spiro atoms. The van der Waals surface area contributed by atoms with E-state index < -0.39 is 0 Å². The van der Waals surface area contributed by atoms with Crippen molar-refractivity contribution in [2.45, 2.75) is 0 Å². The van der Waals surface area contributed by atoms with Crippen LogP contribution in [0.5, 0.6) is 0 Å². The van der Waals surface area contributed by atoms with Crippen LogP contribution in [0.3, 0.4) is 0 Å². The van der Waals surface area contributed by atoms with E-state index in [4.69, 9.17) is 5.26 Å². The van der Waals surface area contributed by atoms with E-state index in [-0.39, 0.29) is 5.69 Å². The molecule has 0 unspecified atom stereocenters. The van der Waals surface area contributed by atoms with Gasteiger partial charge in [0.1, 0.15) is 11.8 Å². The molecule has 5 heteroatoms. The van der Waals surface area contributed by atoms with Crippen molar-refractivity contribution in [2.24, 2.45) is 0 Å². The lowest BCUT2D eigenvalue weighted by atomic mass is 10.3. The van der Waals surface area contributed by atoms with Gasteiger partial charge in [0.2, 0.25) is 0 Å². The van der Waals surface area contributed by atoms with E-state index in [1.54, 1.807) is 12.1 Å². The number of hydrogen-bond donors (Lipinski definition) is 0. The van der Waals surface area contributed by atoms with E-state index in [0.29, 0.717) is 10.6 Å². The Morgan fingerprint density at radius 3 is 2.80 bits per heavy atom. The minimum Gasteiger partial charge on any atom is -0.297 e. The van der Waals surface area contributed by atoms with Crippen LogP contribution in [0.15, 0.2) is 24.5 Å². The fourth-order valence-corrected chi connectivity index (χ4v) is 1.96. The molecule has 0 aliphatic rings. The molecule has 0 N–H and O–H groups in total. The van der Waals surface area contributed by atoms with Gasteiger partial charge < -0.3 is 0 Å². The number of hydrogen-bond acceptors (Lipinski definition) is 5. The summed E-state index contributed by atoms with van der Waals surface area (Å²) in [6.45, 7) is 0. The highest BCUT2D eigenvalue weighted by molar-refractivity contribution is 7.17. The number of carbonyl (C=O) groups excluding carboxylic acids is 1. The third-order valence-corrected chi connectivity index (χ3v) is 2.80. The molecule has 0 fully saturated rings. The van der Waals surface area contributed by atoms with Crippen molar-refractivity contribution in [3.05, 3.63) is 35.1 Å². The Morgan fingerprint density at radius 1 is 1.33 bits per heavy atom. The van der Waals surface area contributed by atoms with Crippen molar-refractivity contribution in [2.75, 3.05) is 0 Å². The Bertz CT molecular complexity index is 542. The predicted molar refractivity (Wildman–Crippen MR) is 55.4 cm³/mol. The van der Waals surface area contributed by atoms with Crippen molar-refractivity contribution in [1.82, 2.24) is 9.97 Å². The topological polar surface area (TPSA) is 66.6 Å². The summed E-state index contributed by atoms with van der Waals surface area (Å²) in [7, 11) is 0. The van der Waals surface area contributed by atoms with Gasteiger partial charge in [0.05, 0.1) is 9.75 Å². The zero-order chi connectivity index (χ0) is 10.7. The number of aromatic nitrogens is 2. The van der Waals surface area contributed by atoms with E-state index in [1.807, 2.05) is 6.07 Å². The van der Waals surface area contributed by atoms with Crippen molar-refractivity contribution in [1.29, 1.82) is 5.26 Å². The average molecular weight is 215 g/mol. The molecule has 0 radical (unpaired) electrons. The first kappa shape index (κ1) is 9.49. The Kier molecular flexibility index (Phi) is 2.52. The van der Waals surface area contributed by atoms with E-state index in [1.165, 1.54) is 23.7 Å². The smallest absolute Gasteiger partial charge is 0.167 e. The summed E-state index contributed by atoms with van der Waals surface area (Å²) in [6.07, 6.45) is 3.77. The van der Waals surface area contributed by atoms with Gasteiger partial charge in [-0.25, -0.2) is 4.98 Å². The highest BCUT2D eigenvalue weighted by Gasteiger charge is 2.09. The van der Waals surface area contributed by atoms with Gasteiger partial charge in [-0.1, -0.05) is 0 Å². The van der Waals surface area contributed by atoms with Gasteiger partial charge in [-0.05, 0) is 12.1 Å². The fourth-order valence-electron chi connectivity index (χ4n) is 1.14. The van der Waals surface area contributed by atoms with Crippen LogP contribution < -0.4 is 0 Å². The van der Waals surface area contributed by atoms with Crippen molar-refractivity contribution >= 4 is 17.6 Å². The molecule has 0 aliphatic carbocycles. The van der Waals surface area contributed by atoms with Gasteiger partial charge in [0.25, 0.3) is 0 Å². The first-order valence-electron chi connectivity index (χ1n) is 4.11. The SMILES string of the molecule is N#Cc1nccnc1-c1ccc(C=O)s1. The molecule has 72 valence electrons. The first-order chi connectivity index (χ1) is 7.35. The van der Waals surface area contributed by atoms with E-state index >= 15 is 0 Å². The highest BCUT2D eigenvalue weighted by atomic mass is 32.1. The quantitative estimate of drug-likeness (QED) is 0.717. The molecule has 2 heterocycles. The van der Waals surface area contributed by atoms with Gasteiger partial charge in [-0.15, -0.1) is 11.3 Å². The summed E-state index contributed by atoms with van der Waals surface area (Å²) in [5.41, 5.74) is 0.801. The van der Waals surface area contributed by atoms with Gasteiger partial charge in [-0.3, -0.25) is 9.78 Å². The second kappa shape index (κ2) is 3.98. The maximum Gasteiger partial charge on any atom is 0.167 e. The third kappa shape index (κ3) is 1.75. The summed E-state index contributed by atoms with van der Waals surface area (Å²) in [6, 6.07) is 5.43. The zero-order valence-electron chi connectivity index (χ0n) is 7.54. The number of rotatable bonds is 2. The van der Waals surface area contributed by atoms with Crippen LogP contribution in [0.25, 0.3) is 10.6 Å². The number of nitrogens with zero attached hydrogens (tertiary/aromatic N) is 3. The van der Waals surface area contributed by atoms with Crippen LogP contribution in [-0.4, -0.2) is 16.3 Å². The third-order valence-electron chi connectivity index (χ3n) is 1.78. The van der Waals surface area contributed by atoms with Crippen LogP contribution in [-0.2, 0) is 0 Å². The molecule has 2 aromatic heterocycles. The Hall–Kier alpha value is -2.06. The number of thiophene rings is 1. The van der Waals surface area contributed by atoms with Gasteiger partial charge in [0, 0.05) is 12.4 Å². The fraction of sp³-hybridized carbons (Fsp3) is 0. The molecule has 2 aromatic rings. The van der Waals surface area contributed by atoms with Gasteiger partial charge in [0.15, 0.2) is 12.0 Å². The van der Waals surface area contributed by atoms with Crippen LogP contribution in [0.4, 0.5) is 0 Å². The molecule has 2 rings (SSSR count). The molecule has 0 saturated carbocycles. The normalized spacial score (nSPS) is 9.53. The Morgan fingerprint density at radius 2 is 2.13 bits per heavy atom. The molecular formula is C10H5N3OS. The molecule has 0 bridgehead atoms. The van der Waals surface area contributed by atoms with Crippen molar-refractivity contribution in [3.63, 3.8) is 0 Å². The van der Waals surface area contributed by atoms with Crippen LogP contribution in [0, 0.1) is 11.3 Å². The maximum absolute atomic E-state index is 10.5. The van der Waals surface area contributed by atoms with Gasteiger partial charge >= 0.3 is 0 Å². The highest BCUT2D eigenvalue weighted by Crippen LogP contribution is 2.26. The minimum atomic E-state index is 0.275. The summed E-state index contributed by atoms with van der Waals surface area (Å²) >= 11 is 1.29. The van der Waals surface area contributed by atoms with Crippen LogP contribution >= 0.6 is 11.3 Å². The number of carbonyl (C=O) groups is 1. The van der Waals surface area contributed by atoms with Crippen LogP contribution in [0.2, 0.25) is 0 Å². The summed E-state index contributed by atoms with van der Waals surface area (Å²) < 4.78 is 0. The van der Waals surface area contributed by atoms with Gasteiger partial charge in [-0.2, -0.15) is 5.26 Å². The Labute approximate surface area is 89.9 Å². The monoisotopic (exact) mass is 215 g/mol. The number of nitriles is 1. The maximum atomic E-state index is 10.5. The summed E-state index contributed by atoms with van der Waals surface area (Å²) in [5, 5.41) is 8.83. The second-order valence-electron chi connectivity index (χ2n) is 2.69. The largest absolute Gasteiger partial charge is 0.297 e. The summed E-state index contributed by atoms with van der Waals surface area (Å²) in [4.78, 5) is 19.9. The molecule has 4 nitrogen and oxygen atoms in total. The average Bonchev–Trinajstić information content (AvgIpc) is 2.77. The van der Waals surface area contributed by atoms with Crippen molar-refractivity contribution < 1.29 is 4.79 Å². The molecule has 0 saturated heterocycles. The molecule has 0 aromatic carbocycles. The lowest BCUT2D eigenvalue weighted by Gasteiger charge is -1.96. The zero-order valence-corrected chi connectivity index (χ0v) is 8.36. The molecule has 0 amide bonds. The molecule has 0 atom stereocenters. The molecular weight excluding hydrogens is 210 g/mol. The predicted octanol–water partition coefficient (Wildman–Crippen LogP) is 1.89. The summed E-state index contributed by atoms with van der Waals surface area (Å²) in [5.74, 6) is 0. The van der Waals surface area contributed by atoms with E-state index in [2.05, 4.69) is 9.97 Å². The van der Waals surface area contributed by atoms with E-state index in [9.17, 15) is 4.79 Å². The van der Waals surface area contributed by atoms with Crippen LogP contribution in [0.1, 0.15) is 15.4 Å². The van der Waals surface area contributed by atoms with Crippen molar-refractivity contribution in [3.8, 4) is 16.6 Å².